The number of hydrogen-bond donors (Lipinski definition) is 1. The van der Waals surface area contributed by atoms with Gasteiger partial charge >= 0.3 is 5.97 Å². The number of benzene rings is 3. The monoisotopic (exact) mass is 539 g/mol. The molecular formula is C26H22ClN3O6S. The molecule has 3 aromatic carbocycles. The molecule has 0 radical (unpaired) electrons. The van der Waals surface area contributed by atoms with Crippen LogP contribution < -0.4 is 10.3 Å². The molecule has 0 saturated heterocycles. The number of ether oxygens (including phenoxy) is 1. The van der Waals surface area contributed by atoms with E-state index in [-0.39, 0.29) is 16.1 Å². The topological polar surface area (TPSA) is 116 Å². The molecule has 190 valence electrons. The molecule has 1 N–H and O–H groups in total. The molecular weight excluding hydrogens is 518 g/mol. The SMILES string of the molecule is Cc1c(NS(=O)(=O)c2cccc(C(=O)OCC(=O)c3ccc(Cl)cc3)c2)c(=O)n(-c2ccccc2)n1C. The lowest BCUT2D eigenvalue weighted by Crippen LogP contribution is -2.23. The number of aromatic nitrogens is 2. The van der Waals surface area contributed by atoms with Crippen LogP contribution in [0.4, 0.5) is 5.69 Å². The molecule has 0 atom stereocenters. The summed E-state index contributed by atoms with van der Waals surface area (Å²) < 4.78 is 36.6. The van der Waals surface area contributed by atoms with Gasteiger partial charge in [-0.2, -0.15) is 0 Å². The molecule has 0 fully saturated rings. The summed E-state index contributed by atoms with van der Waals surface area (Å²) in [5.41, 5.74) is 0.546. The Morgan fingerprint density at radius 2 is 1.62 bits per heavy atom. The van der Waals surface area contributed by atoms with Gasteiger partial charge in [0.05, 0.1) is 21.8 Å². The van der Waals surface area contributed by atoms with Gasteiger partial charge in [0, 0.05) is 17.6 Å². The Morgan fingerprint density at radius 1 is 0.946 bits per heavy atom. The molecule has 0 aliphatic heterocycles. The minimum absolute atomic E-state index is 0.0711. The average molecular weight is 540 g/mol. The van der Waals surface area contributed by atoms with E-state index in [1.807, 2.05) is 0 Å². The molecule has 1 heterocycles. The third-order valence-corrected chi connectivity index (χ3v) is 7.27. The van der Waals surface area contributed by atoms with Crippen LogP contribution >= 0.6 is 11.6 Å². The van der Waals surface area contributed by atoms with Crippen molar-refractivity contribution in [3.63, 3.8) is 0 Å². The maximum absolute atomic E-state index is 13.1. The summed E-state index contributed by atoms with van der Waals surface area (Å²) in [4.78, 5) is 37.6. The predicted molar refractivity (Wildman–Crippen MR) is 139 cm³/mol. The highest BCUT2D eigenvalue weighted by atomic mass is 35.5. The fourth-order valence-corrected chi connectivity index (χ4v) is 4.89. The lowest BCUT2D eigenvalue weighted by molar-refractivity contribution is 0.0474. The van der Waals surface area contributed by atoms with Crippen molar-refractivity contribution < 1.29 is 22.7 Å². The molecule has 1 aromatic heterocycles. The van der Waals surface area contributed by atoms with Crippen LogP contribution in [0.25, 0.3) is 5.69 Å². The minimum atomic E-state index is -4.24. The van der Waals surface area contributed by atoms with E-state index in [4.69, 9.17) is 16.3 Å². The van der Waals surface area contributed by atoms with E-state index in [9.17, 15) is 22.8 Å². The molecule has 0 spiro atoms. The zero-order valence-electron chi connectivity index (χ0n) is 19.8. The number of halogens is 1. The van der Waals surface area contributed by atoms with E-state index in [1.165, 1.54) is 35.0 Å². The molecule has 11 heteroatoms. The summed E-state index contributed by atoms with van der Waals surface area (Å²) in [6.45, 7) is 1.09. The van der Waals surface area contributed by atoms with Crippen LogP contribution in [0.3, 0.4) is 0 Å². The molecule has 4 rings (SSSR count). The van der Waals surface area contributed by atoms with Crippen LogP contribution in [0.15, 0.2) is 88.6 Å². The molecule has 0 aliphatic rings. The molecule has 0 bridgehead atoms. The standard InChI is InChI=1S/C26H22ClN3O6S/c1-17-24(25(32)30(29(17)2)21-8-4-3-5-9-21)28-37(34,35)22-10-6-7-19(15-22)26(33)36-16-23(31)18-11-13-20(27)14-12-18/h3-15,28H,16H2,1-2H3. The normalized spacial score (nSPS) is 11.2. The summed E-state index contributed by atoms with van der Waals surface area (Å²) in [7, 11) is -2.60. The molecule has 0 amide bonds. The first-order chi connectivity index (χ1) is 17.6. The van der Waals surface area contributed by atoms with E-state index >= 15 is 0 Å². The minimum Gasteiger partial charge on any atom is -0.454 e. The van der Waals surface area contributed by atoms with Gasteiger partial charge in [-0.3, -0.25) is 19.0 Å². The highest BCUT2D eigenvalue weighted by Crippen LogP contribution is 2.20. The quantitative estimate of drug-likeness (QED) is 0.267. The van der Waals surface area contributed by atoms with E-state index in [0.717, 1.165) is 6.07 Å². The number of rotatable bonds is 8. The van der Waals surface area contributed by atoms with Crippen molar-refractivity contribution in [2.45, 2.75) is 11.8 Å². The summed E-state index contributed by atoms with van der Waals surface area (Å²) in [5.74, 6) is -1.31. The number of hydrogen-bond acceptors (Lipinski definition) is 6. The summed E-state index contributed by atoms with van der Waals surface area (Å²) in [6.07, 6.45) is 0. The van der Waals surface area contributed by atoms with Crippen molar-refractivity contribution in [3.8, 4) is 5.69 Å². The van der Waals surface area contributed by atoms with E-state index in [0.29, 0.717) is 22.0 Å². The van der Waals surface area contributed by atoms with Gasteiger partial charge in [0.25, 0.3) is 15.6 Å². The van der Waals surface area contributed by atoms with Crippen LogP contribution in [0.2, 0.25) is 5.02 Å². The summed E-state index contributed by atoms with van der Waals surface area (Å²) in [5, 5.41) is 0.463. The van der Waals surface area contributed by atoms with Crippen molar-refractivity contribution in [2.24, 2.45) is 7.05 Å². The third kappa shape index (κ3) is 5.50. The van der Waals surface area contributed by atoms with Gasteiger partial charge in [0.15, 0.2) is 12.4 Å². The second kappa shape index (κ2) is 10.5. The number of nitrogens with one attached hydrogen (secondary N) is 1. The van der Waals surface area contributed by atoms with E-state index in [1.54, 1.807) is 61.1 Å². The van der Waals surface area contributed by atoms with Crippen molar-refractivity contribution in [2.75, 3.05) is 11.3 Å². The van der Waals surface area contributed by atoms with Crippen LogP contribution in [0, 0.1) is 6.92 Å². The first-order valence-electron chi connectivity index (χ1n) is 11.0. The first-order valence-corrected chi connectivity index (χ1v) is 12.9. The highest BCUT2D eigenvalue weighted by molar-refractivity contribution is 7.92. The van der Waals surface area contributed by atoms with Crippen LogP contribution in [-0.4, -0.2) is 36.1 Å². The number of Topliss-reactive ketones (excluding diaryl/α,β-unsaturated/α-hetero) is 1. The molecule has 0 aliphatic carbocycles. The zero-order chi connectivity index (χ0) is 26.7. The number of para-hydroxylation sites is 1. The lowest BCUT2D eigenvalue weighted by Gasteiger charge is -2.09. The fraction of sp³-hybridized carbons (Fsp3) is 0.115. The summed E-state index contributed by atoms with van der Waals surface area (Å²) in [6, 6.07) is 20.0. The van der Waals surface area contributed by atoms with Crippen LogP contribution in [0.5, 0.6) is 0 Å². The van der Waals surface area contributed by atoms with Crippen LogP contribution in [-0.2, 0) is 21.8 Å². The fourth-order valence-electron chi connectivity index (χ4n) is 3.60. The van der Waals surface area contributed by atoms with E-state index < -0.39 is 33.9 Å². The van der Waals surface area contributed by atoms with Gasteiger partial charge in [0.1, 0.15) is 5.69 Å². The Hall–Kier alpha value is -4.15. The van der Waals surface area contributed by atoms with Gasteiger partial charge in [-0.25, -0.2) is 17.9 Å². The average Bonchev–Trinajstić information content (AvgIpc) is 3.10. The smallest absolute Gasteiger partial charge is 0.338 e. The Labute approximate surface area is 217 Å². The third-order valence-electron chi connectivity index (χ3n) is 5.67. The van der Waals surface area contributed by atoms with Crippen molar-refractivity contribution in [1.82, 2.24) is 9.36 Å². The lowest BCUT2D eigenvalue weighted by atomic mass is 10.1. The van der Waals surface area contributed by atoms with Crippen molar-refractivity contribution in [3.05, 3.63) is 111 Å². The number of carbonyl (C=O) groups is 2. The highest BCUT2D eigenvalue weighted by Gasteiger charge is 2.23. The Kier molecular flexibility index (Phi) is 7.33. The molecule has 9 nitrogen and oxygen atoms in total. The van der Waals surface area contributed by atoms with Gasteiger partial charge in [-0.15, -0.1) is 0 Å². The van der Waals surface area contributed by atoms with Gasteiger partial charge in [0.2, 0.25) is 0 Å². The molecule has 37 heavy (non-hydrogen) atoms. The maximum Gasteiger partial charge on any atom is 0.338 e. The largest absolute Gasteiger partial charge is 0.454 e. The Bertz CT molecular complexity index is 1640. The number of carbonyl (C=O) groups excluding carboxylic acids is 2. The Balaban J connectivity index is 1.54. The number of anilines is 1. The number of nitrogens with zero attached hydrogens (tertiary/aromatic N) is 2. The first kappa shape index (κ1) is 25.9. The maximum atomic E-state index is 13.1. The predicted octanol–water partition coefficient (Wildman–Crippen LogP) is 3.98. The number of esters is 1. The molecule has 0 saturated carbocycles. The van der Waals surface area contributed by atoms with Gasteiger partial charge < -0.3 is 4.74 Å². The van der Waals surface area contributed by atoms with Crippen molar-refractivity contribution in [1.29, 1.82) is 0 Å². The molecule has 4 aromatic rings. The second-order valence-corrected chi connectivity index (χ2v) is 10.2. The number of ketones is 1. The second-order valence-electron chi connectivity index (χ2n) is 8.08. The Morgan fingerprint density at radius 3 is 2.30 bits per heavy atom. The van der Waals surface area contributed by atoms with Gasteiger partial charge in [-0.1, -0.05) is 35.9 Å². The summed E-state index contributed by atoms with van der Waals surface area (Å²) >= 11 is 5.81. The number of sulfonamides is 1. The van der Waals surface area contributed by atoms with Crippen LogP contribution in [0.1, 0.15) is 26.4 Å². The molecule has 0 unspecified atom stereocenters. The van der Waals surface area contributed by atoms with Crippen molar-refractivity contribution >= 4 is 39.1 Å². The zero-order valence-corrected chi connectivity index (χ0v) is 21.4. The van der Waals surface area contributed by atoms with Gasteiger partial charge in [-0.05, 0) is 61.5 Å². The van der Waals surface area contributed by atoms with E-state index in [2.05, 4.69) is 4.72 Å².